The number of nitrogens with one attached hydrogen (secondary N) is 1. The molecule has 0 saturated carbocycles. The Bertz CT molecular complexity index is 600. The summed E-state index contributed by atoms with van der Waals surface area (Å²) in [4.78, 5) is 0. The number of hydrogen-bond acceptors (Lipinski definition) is 1. The van der Waals surface area contributed by atoms with Gasteiger partial charge in [0.2, 0.25) is 0 Å². The van der Waals surface area contributed by atoms with Gasteiger partial charge >= 0.3 is 0 Å². The van der Waals surface area contributed by atoms with Crippen LogP contribution in [-0.4, -0.2) is 6.04 Å². The van der Waals surface area contributed by atoms with Crippen LogP contribution in [0.3, 0.4) is 0 Å². The first kappa shape index (κ1) is 13.2. The van der Waals surface area contributed by atoms with Gasteiger partial charge in [0.15, 0.2) is 0 Å². The Morgan fingerprint density at radius 3 is 2.60 bits per heavy atom. The van der Waals surface area contributed by atoms with E-state index in [1.165, 1.54) is 47.2 Å². The highest BCUT2D eigenvalue weighted by molar-refractivity contribution is 5.78. The molecule has 1 aliphatic carbocycles. The van der Waals surface area contributed by atoms with E-state index in [1.54, 1.807) is 0 Å². The van der Waals surface area contributed by atoms with Gasteiger partial charge in [0, 0.05) is 11.7 Å². The number of hydrogen-bond donors (Lipinski definition) is 1. The Balaban J connectivity index is 1.83. The molecule has 0 bridgehead atoms. The third kappa shape index (κ3) is 2.45. The summed E-state index contributed by atoms with van der Waals surface area (Å²) in [5.74, 6) is 0. The molecule has 20 heavy (non-hydrogen) atoms. The van der Waals surface area contributed by atoms with Crippen LogP contribution >= 0.6 is 0 Å². The predicted molar refractivity (Wildman–Crippen MR) is 87.3 cm³/mol. The van der Waals surface area contributed by atoms with Gasteiger partial charge in [-0.05, 0) is 53.6 Å². The molecule has 0 spiro atoms. The van der Waals surface area contributed by atoms with Crippen LogP contribution in [-0.2, 0) is 6.42 Å². The van der Waals surface area contributed by atoms with Gasteiger partial charge in [-0.25, -0.2) is 0 Å². The first-order chi connectivity index (χ1) is 9.81. The van der Waals surface area contributed by atoms with E-state index in [2.05, 4.69) is 61.6 Å². The van der Waals surface area contributed by atoms with Crippen LogP contribution in [0.15, 0.2) is 42.5 Å². The lowest BCUT2D eigenvalue weighted by atomic mass is 10.0. The van der Waals surface area contributed by atoms with Crippen LogP contribution in [0.5, 0.6) is 0 Å². The molecule has 0 aliphatic heterocycles. The van der Waals surface area contributed by atoms with E-state index in [4.69, 9.17) is 0 Å². The largest absolute Gasteiger partial charge is 0.382 e. The molecule has 1 heteroatoms. The van der Waals surface area contributed by atoms with Crippen molar-refractivity contribution in [2.75, 3.05) is 5.32 Å². The Morgan fingerprint density at radius 1 is 1.00 bits per heavy atom. The van der Waals surface area contributed by atoms with Crippen LogP contribution < -0.4 is 5.32 Å². The van der Waals surface area contributed by atoms with Crippen molar-refractivity contribution in [2.24, 2.45) is 0 Å². The lowest BCUT2D eigenvalue weighted by Gasteiger charge is -2.18. The van der Waals surface area contributed by atoms with Crippen molar-refractivity contribution in [1.29, 1.82) is 0 Å². The summed E-state index contributed by atoms with van der Waals surface area (Å²) in [6.45, 7) is 4.51. The Morgan fingerprint density at radius 2 is 1.80 bits per heavy atom. The smallest absolute Gasteiger partial charge is 0.0345 e. The van der Waals surface area contributed by atoms with Crippen molar-refractivity contribution in [3.63, 3.8) is 0 Å². The fraction of sp³-hybridized carbons (Fsp3) is 0.368. The monoisotopic (exact) mass is 265 g/mol. The van der Waals surface area contributed by atoms with E-state index in [-0.39, 0.29) is 0 Å². The van der Waals surface area contributed by atoms with E-state index in [9.17, 15) is 0 Å². The molecule has 0 amide bonds. The molecule has 0 fully saturated rings. The summed E-state index contributed by atoms with van der Waals surface area (Å²) in [5.41, 5.74) is 7.02. The minimum Gasteiger partial charge on any atom is -0.382 e. The second kappa shape index (κ2) is 5.70. The lowest BCUT2D eigenvalue weighted by Crippen LogP contribution is -2.17. The maximum atomic E-state index is 3.69. The zero-order valence-corrected chi connectivity index (χ0v) is 12.4. The van der Waals surface area contributed by atoms with E-state index in [1.807, 2.05) is 0 Å². The Hall–Kier alpha value is -1.76. The van der Waals surface area contributed by atoms with Crippen LogP contribution in [0.4, 0.5) is 5.69 Å². The third-order valence-corrected chi connectivity index (χ3v) is 4.29. The molecule has 1 nitrogen and oxygen atoms in total. The maximum absolute atomic E-state index is 3.69. The minimum atomic E-state index is 0.599. The molecular formula is C19H23N. The van der Waals surface area contributed by atoms with Gasteiger partial charge < -0.3 is 5.32 Å². The van der Waals surface area contributed by atoms with E-state index >= 15 is 0 Å². The van der Waals surface area contributed by atoms with Crippen molar-refractivity contribution in [2.45, 2.75) is 45.6 Å². The van der Waals surface area contributed by atoms with Crippen molar-refractivity contribution in [3.8, 4) is 11.1 Å². The lowest BCUT2D eigenvalue weighted by molar-refractivity contribution is 0.623. The fourth-order valence-electron chi connectivity index (χ4n) is 3.20. The van der Waals surface area contributed by atoms with Gasteiger partial charge in [-0.3, -0.25) is 0 Å². The average molecular weight is 265 g/mol. The third-order valence-electron chi connectivity index (χ3n) is 4.29. The van der Waals surface area contributed by atoms with Gasteiger partial charge in [-0.15, -0.1) is 0 Å². The zero-order valence-electron chi connectivity index (χ0n) is 12.4. The molecule has 1 aliphatic rings. The molecule has 0 heterocycles. The van der Waals surface area contributed by atoms with Crippen molar-refractivity contribution in [1.82, 2.24) is 0 Å². The molecule has 3 rings (SSSR count). The first-order valence-electron chi connectivity index (χ1n) is 7.79. The van der Waals surface area contributed by atoms with Crippen molar-refractivity contribution in [3.05, 3.63) is 53.6 Å². The summed E-state index contributed by atoms with van der Waals surface area (Å²) in [6.07, 6.45) is 4.74. The fourth-order valence-corrected chi connectivity index (χ4v) is 3.20. The normalized spacial score (nSPS) is 13.7. The SMILES string of the molecule is CCCC(CC)Nc1ccc2c(c1)Cc1ccccc1-2. The molecule has 2 aromatic carbocycles. The minimum absolute atomic E-state index is 0.599. The first-order valence-corrected chi connectivity index (χ1v) is 7.79. The van der Waals surface area contributed by atoms with Crippen molar-refractivity contribution >= 4 is 5.69 Å². The summed E-state index contributed by atoms with van der Waals surface area (Å²) in [6, 6.07) is 16.2. The molecule has 0 aromatic heterocycles. The quantitative estimate of drug-likeness (QED) is 0.664. The second-order valence-corrected chi connectivity index (χ2v) is 5.74. The maximum Gasteiger partial charge on any atom is 0.0345 e. The molecule has 2 aromatic rings. The van der Waals surface area contributed by atoms with Gasteiger partial charge in [0.1, 0.15) is 0 Å². The number of anilines is 1. The standard InChI is InChI=1S/C19H23N/c1-3-7-16(4-2)20-17-10-11-19-15(13-17)12-14-8-5-6-9-18(14)19/h5-6,8-11,13,16,20H,3-4,7,12H2,1-2H3. The van der Waals surface area contributed by atoms with E-state index in [0.717, 1.165) is 6.42 Å². The highest BCUT2D eigenvalue weighted by Gasteiger charge is 2.18. The highest BCUT2D eigenvalue weighted by Crippen LogP contribution is 2.37. The summed E-state index contributed by atoms with van der Waals surface area (Å²) >= 11 is 0. The number of fused-ring (bicyclic) bond motifs is 3. The highest BCUT2D eigenvalue weighted by atomic mass is 14.9. The van der Waals surface area contributed by atoms with Gasteiger partial charge in [-0.2, -0.15) is 0 Å². The number of rotatable bonds is 5. The molecular weight excluding hydrogens is 242 g/mol. The van der Waals surface area contributed by atoms with Crippen molar-refractivity contribution < 1.29 is 0 Å². The Kier molecular flexibility index (Phi) is 3.77. The summed E-state index contributed by atoms with van der Waals surface area (Å²) in [7, 11) is 0. The molecule has 1 unspecified atom stereocenters. The van der Waals surface area contributed by atoms with Gasteiger partial charge in [0.25, 0.3) is 0 Å². The van der Waals surface area contributed by atoms with Crippen LogP contribution in [0, 0.1) is 0 Å². The molecule has 1 atom stereocenters. The van der Waals surface area contributed by atoms with Crippen LogP contribution in [0.1, 0.15) is 44.2 Å². The molecule has 1 N–H and O–H groups in total. The van der Waals surface area contributed by atoms with Crippen LogP contribution in [0.25, 0.3) is 11.1 Å². The predicted octanol–water partition coefficient (Wildman–Crippen LogP) is 5.25. The van der Waals surface area contributed by atoms with Crippen LogP contribution in [0.2, 0.25) is 0 Å². The second-order valence-electron chi connectivity index (χ2n) is 5.74. The molecule has 0 radical (unpaired) electrons. The summed E-state index contributed by atoms with van der Waals surface area (Å²) in [5, 5.41) is 3.69. The topological polar surface area (TPSA) is 12.0 Å². The van der Waals surface area contributed by atoms with E-state index < -0.39 is 0 Å². The van der Waals surface area contributed by atoms with Gasteiger partial charge in [-0.1, -0.05) is 50.6 Å². The molecule has 104 valence electrons. The molecule has 0 saturated heterocycles. The number of benzene rings is 2. The van der Waals surface area contributed by atoms with E-state index in [0.29, 0.717) is 6.04 Å². The average Bonchev–Trinajstić information content (AvgIpc) is 2.84. The van der Waals surface area contributed by atoms with Gasteiger partial charge in [0.05, 0.1) is 0 Å². The summed E-state index contributed by atoms with van der Waals surface area (Å²) < 4.78 is 0. The zero-order chi connectivity index (χ0) is 13.9. The Labute approximate surface area is 122 Å².